The molecule has 0 amide bonds. The summed E-state index contributed by atoms with van der Waals surface area (Å²) < 4.78 is 2.30. The molecule has 0 bridgehead atoms. The van der Waals surface area contributed by atoms with E-state index in [9.17, 15) is 0 Å². The molecular formula is C18H21N3. The van der Waals surface area contributed by atoms with Gasteiger partial charge in [0.15, 0.2) is 0 Å². The molecule has 1 heterocycles. The number of hydrogen-bond acceptors (Lipinski definition) is 2. The van der Waals surface area contributed by atoms with Gasteiger partial charge in [-0.3, -0.25) is 0 Å². The van der Waals surface area contributed by atoms with Crippen LogP contribution >= 0.6 is 0 Å². The van der Waals surface area contributed by atoms with Gasteiger partial charge in [-0.2, -0.15) is 0 Å². The first kappa shape index (κ1) is 13.7. The van der Waals surface area contributed by atoms with Crippen LogP contribution in [0.1, 0.15) is 31.3 Å². The largest absolute Gasteiger partial charge is 0.378 e. The van der Waals surface area contributed by atoms with E-state index in [1.54, 1.807) is 0 Å². The van der Waals surface area contributed by atoms with E-state index in [-0.39, 0.29) is 0 Å². The molecule has 3 rings (SSSR count). The molecule has 2 aromatic carbocycles. The van der Waals surface area contributed by atoms with Gasteiger partial charge >= 0.3 is 0 Å². The number of aromatic nitrogens is 2. The molecule has 0 fully saturated rings. The topological polar surface area (TPSA) is 29.9 Å². The van der Waals surface area contributed by atoms with Gasteiger partial charge in [0.05, 0.1) is 17.6 Å². The second-order valence-corrected chi connectivity index (χ2v) is 5.70. The van der Waals surface area contributed by atoms with Crippen LogP contribution in [-0.4, -0.2) is 9.55 Å². The third-order valence-corrected chi connectivity index (χ3v) is 3.69. The summed E-state index contributed by atoms with van der Waals surface area (Å²) in [7, 11) is 0. The smallest absolute Gasteiger partial charge is 0.129 e. The average Bonchev–Trinajstić information content (AvgIpc) is 2.85. The monoisotopic (exact) mass is 279 g/mol. The SMILES string of the molecule is Cc1ccc(NCc2nc3ccccc3n2C(C)C)cc1. The fourth-order valence-electron chi connectivity index (χ4n) is 2.65. The summed E-state index contributed by atoms with van der Waals surface area (Å²) in [5.41, 5.74) is 4.66. The summed E-state index contributed by atoms with van der Waals surface area (Å²) in [6.45, 7) is 7.23. The summed E-state index contributed by atoms with van der Waals surface area (Å²) in [5.74, 6) is 1.08. The molecule has 0 radical (unpaired) electrons. The lowest BCUT2D eigenvalue weighted by molar-refractivity contribution is 0.589. The van der Waals surface area contributed by atoms with Crippen LogP contribution in [0.5, 0.6) is 0 Å². The van der Waals surface area contributed by atoms with Crippen molar-refractivity contribution in [3.05, 3.63) is 59.9 Å². The Morgan fingerprint density at radius 3 is 2.48 bits per heavy atom. The maximum absolute atomic E-state index is 4.77. The number of anilines is 1. The van der Waals surface area contributed by atoms with Crippen LogP contribution in [0, 0.1) is 6.92 Å². The molecule has 1 N–H and O–H groups in total. The molecule has 0 atom stereocenters. The van der Waals surface area contributed by atoms with Crippen LogP contribution in [-0.2, 0) is 6.54 Å². The van der Waals surface area contributed by atoms with E-state index in [0.29, 0.717) is 6.04 Å². The Labute approximate surface area is 125 Å². The number of rotatable bonds is 4. The first-order chi connectivity index (χ1) is 10.1. The molecule has 1 aromatic heterocycles. The van der Waals surface area contributed by atoms with Gasteiger partial charge < -0.3 is 9.88 Å². The molecule has 0 saturated heterocycles. The van der Waals surface area contributed by atoms with E-state index < -0.39 is 0 Å². The predicted octanol–water partition coefficient (Wildman–Crippen LogP) is 4.54. The zero-order chi connectivity index (χ0) is 14.8. The first-order valence-corrected chi connectivity index (χ1v) is 7.41. The van der Waals surface area contributed by atoms with Gasteiger partial charge in [0.1, 0.15) is 5.82 Å². The first-order valence-electron chi connectivity index (χ1n) is 7.41. The highest BCUT2D eigenvalue weighted by atomic mass is 15.1. The minimum absolute atomic E-state index is 0.396. The molecule has 3 heteroatoms. The van der Waals surface area contributed by atoms with E-state index in [1.807, 2.05) is 6.07 Å². The second-order valence-electron chi connectivity index (χ2n) is 5.70. The van der Waals surface area contributed by atoms with E-state index in [0.717, 1.165) is 23.6 Å². The number of imidazole rings is 1. The predicted molar refractivity (Wildman–Crippen MR) is 88.6 cm³/mol. The Kier molecular flexibility index (Phi) is 3.65. The molecule has 0 saturated carbocycles. The summed E-state index contributed by atoms with van der Waals surface area (Å²) in [5, 5.41) is 3.46. The van der Waals surface area contributed by atoms with Crippen LogP contribution in [0.25, 0.3) is 11.0 Å². The second kappa shape index (κ2) is 5.60. The van der Waals surface area contributed by atoms with Crippen LogP contribution in [0.4, 0.5) is 5.69 Å². The zero-order valence-electron chi connectivity index (χ0n) is 12.8. The number of hydrogen-bond donors (Lipinski definition) is 1. The Hall–Kier alpha value is -2.29. The van der Waals surface area contributed by atoms with Crippen molar-refractivity contribution in [1.82, 2.24) is 9.55 Å². The third-order valence-electron chi connectivity index (χ3n) is 3.69. The number of nitrogens with one attached hydrogen (secondary N) is 1. The summed E-state index contributed by atoms with van der Waals surface area (Å²) in [6.07, 6.45) is 0. The molecule has 0 aliphatic heterocycles. The van der Waals surface area contributed by atoms with Crippen molar-refractivity contribution in [3.63, 3.8) is 0 Å². The number of aryl methyl sites for hydroxylation is 1. The van der Waals surface area contributed by atoms with Crippen LogP contribution < -0.4 is 5.32 Å². The quantitative estimate of drug-likeness (QED) is 0.760. The van der Waals surface area contributed by atoms with Gasteiger partial charge in [0.25, 0.3) is 0 Å². The normalized spacial score (nSPS) is 11.2. The van der Waals surface area contributed by atoms with Crippen molar-refractivity contribution in [2.45, 2.75) is 33.4 Å². The van der Waals surface area contributed by atoms with Crippen LogP contribution in [0.3, 0.4) is 0 Å². The Morgan fingerprint density at radius 2 is 1.76 bits per heavy atom. The lowest BCUT2D eigenvalue weighted by Crippen LogP contribution is -2.10. The summed E-state index contributed by atoms with van der Waals surface area (Å²) >= 11 is 0. The summed E-state index contributed by atoms with van der Waals surface area (Å²) in [6, 6.07) is 17.2. The number of para-hydroxylation sites is 2. The highest BCUT2D eigenvalue weighted by molar-refractivity contribution is 5.76. The van der Waals surface area contributed by atoms with Gasteiger partial charge in [0.2, 0.25) is 0 Å². The van der Waals surface area contributed by atoms with Gasteiger partial charge in [-0.1, -0.05) is 29.8 Å². The minimum atomic E-state index is 0.396. The number of benzene rings is 2. The molecule has 0 spiro atoms. The average molecular weight is 279 g/mol. The lowest BCUT2D eigenvalue weighted by Gasteiger charge is -2.14. The fourth-order valence-corrected chi connectivity index (χ4v) is 2.65. The van der Waals surface area contributed by atoms with Crippen molar-refractivity contribution in [3.8, 4) is 0 Å². The van der Waals surface area contributed by atoms with Crippen molar-refractivity contribution in [2.75, 3.05) is 5.32 Å². The van der Waals surface area contributed by atoms with Crippen LogP contribution in [0.2, 0.25) is 0 Å². The van der Waals surface area contributed by atoms with E-state index in [4.69, 9.17) is 4.98 Å². The van der Waals surface area contributed by atoms with Crippen molar-refractivity contribution in [2.24, 2.45) is 0 Å². The van der Waals surface area contributed by atoms with Crippen LogP contribution in [0.15, 0.2) is 48.5 Å². The van der Waals surface area contributed by atoms with E-state index in [2.05, 4.69) is 73.1 Å². The molecule has 0 unspecified atom stereocenters. The van der Waals surface area contributed by atoms with Crippen molar-refractivity contribution < 1.29 is 0 Å². The number of fused-ring (bicyclic) bond motifs is 1. The molecule has 21 heavy (non-hydrogen) atoms. The highest BCUT2D eigenvalue weighted by Gasteiger charge is 2.12. The Bertz CT molecular complexity index is 739. The van der Waals surface area contributed by atoms with E-state index >= 15 is 0 Å². The molecule has 0 aliphatic rings. The van der Waals surface area contributed by atoms with Gasteiger partial charge in [-0.25, -0.2) is 4.98 Å². The fraction of sp³-hybridized carbons (Fsp3) is 0.278. The van der Waals surface area contributed by atoms with Gasteiger partial charge in [0, 0.05) is 11.7 Å². The molecular weight excluding hydrogens is 258 g/mol. The van der Waals surface area contributed by atoms with Crippen molar-refractivity contribution >= 4 is 16.7 Å². The lowest BCUT2D eigenvalue weighted by atomic mass is 10.2. The Morgan fingerprint density at radius 1 is 1.05 bits per heavy atom. The highest BCUT2D eigenvalue weighted by Crippen LogP contribution is 2.21. The Balaban J connectivity index is 1.89. The molecule has 3 aromatic rings. The molecule has 3 nitrogen and oxygen atoms in total. The zero-order valence-corrected chi connectivity index (χ0v) is 12.8. The van der Waals surface area contributed by atoms with Gasteiger partial charge in [-0.05, 0) is 45.0 Å². The maximum Gasteiger partial charge on any atom is 0.129 e. The standard InChI is InChI=1S/C18H21N3/c1-13(2)21-17-7-5-4-6-16(17)20-18(21)12-19-15-10-8-14(3)9-11-15/h4-11,13,19H,12H2,1-3H3. The number of nitrogens with zero attached hydrogens (tertiary/aromatic N) is 2. The third kappa shape index (κ3) is 2.77. The minimum Gasteiger partial charge on any atom is -0.378 e. The molecule has 0 aliphatic carbocycles. The van der Waals surface area contributed by atoms with E-state index in [1.165, 1.54) is 11.1 Å². The molecule has 108 valence electrons. The summed E-state index contributed by atoms with van der Waals surface area (Å²) in [4.78, 5) is 4.77. The van der Waals surface area contributed by atoms with Crippen molar-refractivity contribution in [1.29, 1.82) is 0 Å². The maximum atomic E-state index is 4.77. The van der Waals surface area contributed by atoms with Gasteiger partial charge in [-0.15, -0.1) is 0 Å².